The zero-order valence-corrected chi connectivity index (χ0v) is 13.0. The Balaban J connectivity index is 2.93. The van der Waals surface area contributed by atoms with Crippen molar-refractivity contribution in [1.82, 2.24) is 0 Å². The minimum absolute atomic E-state index is 0.00336. The van der Waals surface area contributed by atoms with E-state index in [-0.39, 0.29) is 22.3 Å². The Labute approximate surface area is 139 Å². The van der Waals surface area contributed by atoms with Crippen molar-refractivity contribution in [3.05, 3.63) is 87.0 Å². The molecule has 1 aromatic carbocycles. The zero-order valence-electron chi connectivity index (χ0n) is 13.0. The first kappa shape index (κ1) is 17.9. The number of hydrogen-bond acceptors (Lipinski definition) is 8. The van der Waals surface area contributed by atoms with Crippen molar-refractivity contribution in [2.24, 2.45) is 0 Å². The molecule has 1 aromatic rings. The fraction of sp³-hybridized carbons (Fsp3) is 0.385. The van der Waals surface area contributed by atoms with E-state index in [0.717, 1.165) is 0 Å². The van der Waals surface area contributed by atoms with Crippen LogP contribution in [-0.4, -0.2) is 25.5 Å². The molecule has 12 nitrogen and oxygen atoms in total. The number of nitrogens with zero attached hydrogens (tertiary/aromatic N) is 4. The number of hydrogen-bond donors (Lipinski definition) is 0. The van der Waals surface area contributed by atoms with Gasteiger partial charge in [0, 0.05) is 16.1 Å². The van der Waals surface area contributed by atoms with Crippen molar-refractivity contribution < 1.29 is 19.7 Å². The van der Waals surface area contributed by atoms with Gasteiger partial charge in [-0.25, -0.2) is 0 Å². The van der Waals surface area contributed by atoms with Crippen LogP contribution in [-0.2, 0) is 0 Å². The van der Waals surface area contributed by atoms with Crippen LogP contribution < -0.4 is 0 Å². The van der Waals surface area contributed by atoms with E-state index in [1.807, 2.05) is 0 Å². The fourth-order valence-electron chi connectivity index (χ4n) is 3.22. The van der Waals surface area contributed by atoms with Gasteiger partial charge in [0.05, 0.1) is 0 Å². The first-order valence-electron chi connectivity index (χ1n) is 6.91. The summed E-state index contributed by atoms with van der Waals surface area (Å²) in [5, 5.41) is 45.7. The lowest BCUT2D eigenvalue weighted by molar-refractivity contribution is -0.972. The quantitative estimate of drug-likeness (QED) is 0.334. The fourth-order valence-corrected chi connectivity index (χ4v) is 3.22. The molecule has 0 radical (unpaired) electrons. The number of benzene rings is 1. The molecule has 0 aromatic heterocycles. The van der Waals surface area contributed by atoms with Gasteiger partial charge in [0.15, 0.2) is 14.8 Å². The molecule has 0 saturated heterocycles. The highest BCUT2D eigenvalue weighted by atomic mass is 16.7. The molecule has 1 aliphatic carbocycles. The summed E-state index contributed by atoms with van der Waals surface area (Å²) in [4.78, 5) is 40.4. The minimum atomic E-state index is -3.77. The molecule has 0 fully saturated rings. The predicted octanol–water partition coefficient (Wildman–Crippen LogP) is 1.92. The van der Waals surface area contributed by atoms with Crippen LogP contribution >= 0.6 is 0 Å². The van der Waals surface area contributed by atoms with Gasteiger partial charge in [-0.3, -0.25) is 40.5 Å². The van der Waals surface area contributed by atoms with Gasteiger partial charge in [0.2, 0.25) is 5.92 Å². The maximum atomic E-state index is 11.4. The Morgan fingerprint density at radius 2 is 1.24 bits per heavy atom. The van der Waals surface area contributed by atoms with Crippen molar-refractivity contribution in [3.63, 3.8) is 0 Å². The maximum absolute atomic E-state index is 11.4. The second kappa shape index (κ2) is 5.89. The van der Waals surface area contributed by atoms with Crippen LogP contribution in [0.15, 0.2) is 35.4 Å². The van der Waals surface area contributed by atoms with Gasteiger partial charge in [0.1, 0.15) is 0 Å². The Hall–Kier alpha value is -3.44. The number of rotatable bonds is 5. The van der Waals surface area contributed by atoms with Crippen molar-refractivity contribution in [2.75, 3.05) is 0 Å². The Morgan fingerprint density at radius 1 is 0.800 bits per heavy atom. The molecule has 0 unspecified atom stereocenters. The predicted molar refractivity (Wildman–Crippen MR) is 81.0 cm³/mol. The van der Waals surface area contributed by atoms with Gasteiger partial charge in [-0.1, -0.05) is 24.3 Å². The van der Waals surface area contributed by atoms with Crippen molar-refractivity contribution in [1.29, 1.82) is 0 Å². The van der Waals surface area contributed by atoms with Crippen LogP contribution in [0.5, 0.6) is 0 Å². The maximum Gasteiger partial charge on any atom is 0.710 e. The Bertz CT molecular complexity index is 797. The van der Waals surface area contributed by atoms with Crippen LogP contribution in [0.3, 0.4) is 0 Å². The zero-order chi connectivity index (χ0) is 19.1. The lowest BCUT2D eigenvalue weighted by Crippen LogP contribution is -2.58. The van der Waals surface area contributed by atoms with Crippen molar-refractivity contribution >= 4 is 0 Å². The topological polar surface area (TPSA) is 173 Å². The van der Waals surface area contributed by atoms with E-state index in [1.165, 1.54) is 38.1 Å². The molecule has 0 N–H and O–H groups in total. The van der Waals surface area contributed by atoms with E-state index >= 15 is 0 Å². The van der Waals surface area contributed by atoms with Gasteiger partial charge in [-0.15, -0.1) is 0 Å². The smallest absolute Gasteiger partial charge is 0.264 e. The third-order valence-corrected chi connectivity index (χ3v) is 4.47. The van der Waals surface area contributed by atoms with E-state index in [1.54, 1.807) is 0 Å². The lowest BCUT2D eigenvalue weighted by Gasteiger charge is -2.28. The van der Waals surface area contributed by atoms with Gasteiger partial charge < -0.3 is 0 Å². The van der Waals surface area contributed by atoms with Gasteiger partial charge in [-0.2, -0.15) is 0 Å². The number of nitro groups is 4. The molecule has 0 heterocycles. The molecular weight excluding hydrogens is 340 g/mol. The van der Waals surface area contributed by atoms with E-state index in [9.17, 15) is 40.5 Å². The van der Waals surface area contributed by atoms with Crippen LogP contribution in [0.4, 0.5) is 0 Å². The molecule has 0 saturated carbocycles. The molecular formula is C13H12N4O8. The Kier molecular flexibility index (Phi) is 4.22. The van der Waals surface area contributed by atoms with Crippen LogP contribution in [0.25, 0.3) is 0 Å². The molecule has 2 rings (SSSR count). The highest BCUT2D eigenvalue weighted by Gasteiger charge is 2.78. The molecule has 1 aliphatic rings. The molecule has 0 aliphatic heterocycles. The standard InChI is InChI=1S/C13H12N4O8/c1-7-8(2)12(14(18)19)10-6-4-3-5-9(10)11(7)13(15(20)21,16(22)23)17(24)25/h3-6,11-12H,1-2H3/t11-,12-/m1/s1. The van der Waals surface area contributed by atoms with Gasteiger partial charge >= 0.3 is 5.79 Å². The summed E-state index contributed by atoms with van der Waals surface area (Å²) in [6.45, 7) is 2.49. The normalized spacial score (nSPS) is 19.9. The average molecular weight is 352 g/mol. The van der Waals surface area contributed by atoms with E-state index in [4.69, 9.17) is 0 Å². The largest absolute Gasteiger partial charge is 0.710 e. The Morgan fingerprint density at radius 3 is 1.64 bits per heavy atom. The summed E-state index contributed by atoms with van der Waals surface area (Å²) in [5.41, 5.74) is -0.331. The van der Waals surface area contributed by atoms with Gasteiger partial charge in [0.25, 0.3) is 6.04 Å². The van der Waals surface area contributed by atoms with Crippen molar-refractivity contribution in [2.45, 2.75) is 31.6 Å². The van der Waals surface area contributed by atoms with Crippen LogP contribution in [0, 0.1) is 40.5 Å². The van der Waals surface area contributed by atoms with Crippen LogP contribution in [0.2, 0.25) is 0 Å². The van der Waals surface area contributed by atoms with Crippen molar-refractivity contribution in [3.8, 4) is 0 Å². The molecule has 0 amide bonds. The summed E-state index contributed by atoms with van der Waals surface area (Å²) >= 11 is 0. The summed E-state index contributed by atoms with van der Waals surface area (Å²) < 4.78 is 0. The summed E-state index contributed by atoms with van der Waals surface area (Å²) in [7, 11) is 0. The highest BCUT2D eigenvalue weighted by molar-refractivity contribution is 5.47. The summed E-state index contributed by atoms with van der Waals surface area (Å²) in [6, 6.07) is 3.90. The second-order valence-corrected chi connectivity index (χ2v) is 5.57. The monoisotopic (exact) mass is 352 g/mol. The van der Waals surface area contributed by atoms with E-state index in [2.05, 4.69) is 0 Å². The summed E-state index contributed by atoms with van der Waals surface area (Å²) in [5.74, 6) is -5.65. The second-order valence-electron chi connectivity index (χ2n) is 5.57. The molecule has 25 heavy (non-hydrogen) atoms. The molecule has 0 spiro atoms. The minimum Gasteiger partial charge on any atom is -0.264 e. The van der Waals surface area contributed by atoms with Crippen LogP contribution in [0.1, 0.15) is 36.9 Å². The third kappa shape index (κ3) is 2.29. The molecule has 2 atom stereocenters. The first-order valence-corrected chi connectivity index (χ1v) is 6.91. The average Bonchev–Trinajstić information content (AvgIpc) is 2.50. The lowest BCUT2D eigenvalue weighted by atomic mass is 9.73. The van der Waals surface area contributed by atoms with E-state index < -0.39 is 37.4 Å². The molecule has 12 heteroatoms. The van der Waals surface area contributed by atoms with E-state index in [0.29, 0.717) is 0 Å². The number of fused-ring (bicyclic) bond motifs is 1. The summed E-state index contributed by atoms with van der Waals surface area (Å²) in [6.07, 6.45) is 0. The molecule has 132 valence electrons. The van der Waals surface area contributed by atoms with Gasteiger partial charge in [-0.05, 0) is 25.0 Å². The highest BCUT2D eigenvalue weighted by Crippen LogP contribution is 2.48. The third-order valence-electron chi connectivity index (χ3n) is 4.47. The molecule has 0 bridgehead atoms. The SMILES string of the molecule is CC1=C(C)[C@@H](C([N+](=O)[O-])([N+](=O)[O-])[N+](=O)[O-])c2ccccc2[C@@H]1[N+](=O)[O-]. The first-order chi connectivity index (χ1) is 11.6.